The molecular weight excluding hydrogens is 250 g/mol. The number of nitrogens with one attached hydrogen (secondary N) is 1. The summed E-state index contributed by atoms with van der Waals surface area (Å²) < 4.78 is 22.5. The number of benzene rings is 1. The van der Waals surface area contributed by atoms with Gasteiger partial charge in [0.05, 0.1) is 10.9 Å². The molecule has 1 aromatic rings. The largest absolute Gasteiger partial charge is 0.338 e. The fourth-order valence-electron chi connectivity index (χ4n) is 1.36. The van der Waals surface area contributed by atoms with Crippen molar-refractivity contribution in [3.05, 3.63) is 29.8 Å². The van der Waals surface area contributed by atoms with Gasteiger partial charge in [-0.15, -0.1) is 6.42 Å². The van der Waals surface area contributed by atoms with Gasteiger partial charge in [0.15, 0.2) is 9.84 Å². The molecule has 0 spiro atoms. The van der Waals surface area contributed by atoms with Gasteiger partial charge in [0.2, 0.25) is 0 Å². The number of sulfone groups is 1. The predicted molar refractivity (Wildman–Crippen MR) is 69.9 cm³/mol. The lowest BCUT2D eigenvalue weighted by Gasteiger charge is -2.10. The van der Waals surface area contributed by atoms with Gasteiger partial charge in [0, 0.05) is 11.8 Å². The molecule has 1 unspecified atom stereocenters. The molecule has 1 atom stereocenters. The van der Waals surface area contributed by atoms with E-state index in [1.54, 1.807) is 0 Å². The molecular formula is C13H15NO3S. The van der Waals surface area contributed by atoms with E-state index in [4.69, 9.17) is 6.42 Å². The van der Waals surface area contributed by atoms with E-state index in [-0.39, 0.29) is 16.8 Å². The Kier molecular flexibility index (Phi) is 4.51. The number of carbonyl (C=O) groups is 1. The van der Waals surface area contributed by atoms with Crippen LogP contribution in [0.2, 0.25) is 0 Å². The third kappa shape index (κ3) is 3.60. The van der Waals surface area contributed by atoms with Crippen LogP contribution in [-0.4, -0.2) is 26.6 Å². The molecule has 0 bridgehead atoms. The third-order valence-electron chi connectivity index (χ3n) is 2.46. The van der Waals surface area contributed by atoms with Crippen molar-refractivity contribution in [3.63, 3.8) is 0 Å². The maximum Gasteiger partial charge on any atom is 0.252 e. The number of rotatable bonds is 4. The minimum Gasteiger partial charge on any atom is -0.338 e. The van der Waals surface area contributed by atoms with E-state index in [2.05, 4.69) is 11.2 Å². The molecule has 0 aliphatic heterocycles. The molecule has 96 valence electrons. The van der Waals surface area contributed by atoms with Gasteiger partial charge in [0.25, 0.3) is 5.91 Å². The molecule has 1 N–H and O–H groups in total. The zero-order chi connectivity index (χ0) is 13.8. The van der Waals surface area contributed by atoms with Gasteiger partial charge in [-0.25, -0.2) is 8.42 Å². The summed E-state index contributed by atoms with van der Waals surface area (Å²) in [6.07, 6.45) is 7.01. The van der Waals surface area contributed by atoms with Crippen LogP contribution >= 0.6 is 0 Å². The standard InChI is InChI=1S/C13H15NO3S/c1-4-11(5-2)14-13(15)10-6-8-12(9-7-10)18(3,16)17/h1,6-9,11H,5H2,2-3H3,(H,14,15). The molecule has 0 radical (unpaired) electrons. The quantitative estimate of drug-likeness (QED) is 0.833. The Morgan fingerprint density at radius 2 is 1.94 bits per heavy atom. The molecule has 1 rings (SSSR count). The third-order valence-corrected chi connectivity index (χ3v) is 3.59. The Morgan fingerprint density at radius 3 is 2.33 bits per heavy atom. The first kappa shape index (κ1) is 14.3. The van der Waals surface area contributed by atoms with Crippen LogP contribution in [0, 0.1) is 12.3 Å². The van der Waals surface area contributed by atoms with Gasteiger partial charge < -0.3 is 5.32 Å². The molecule has 0 saturated carbocycles. The van der Waals surface area contributed by atoms with Crippen molar-refractivity contribution in [2.24, 2.45) is 0 Å². The Morgan fingerprint density at radius 1 is 1.39 bits per heavy atom. The van der Waals surface area contributed by atoms with Crippen molar-refractivity contribution < 1.29 is 13.2 Å². The highest BCUT2D eigenvalue weighted by atomic mass is 32.2. The van der Waals surface area contributed by atoms with Crippen LogP contribution in [0.15, 0.2) is 29.2 Å². The Hall–Kier alpha value is -1.80. The molecule has 0 aromatic heterocycles. The predicted octanol–water partition coefficient (Wildman–Crippen LogP) is 1.23. The van der Waals surface area contributed by atoms with Gasteiger partial charge >= 0.3 is 0 Å². The summed E-state index contributed by atoms with van der Waals surface area (Å²) in [5.74, 6) is 2.15. The van der Waals surface area contributed by atoms with Gasteiger partial charge in [-0.2, -0.15) is 0 Å². The fourth-order valence-corrected chi connectivity index (χ4v) is 1.99. The smallest absolute Gasteiger partial charge is 0.252 e. The number of hydrogen-bond donors (Lipinski definition) is 1. The van der Waals surface area contributed by atoms with E-state index in [1.165, 1.54) is 24.3 Å². The SMILES string of the molecule is C#CC(CC)NC(=O)c1ccc(S(C)(=O)=O)cc1. The molecule has 1 aromatic carbocycles. The maximum absolute atomic E-state index is 11.8. The van der Waals surface area contributed by atoms with E-state index in [9.17, 15) is 13.2 Å². The number of hydrogen-bond acceptors (Lipinski definition) is 3. The summed E-state index contributed by atoms with van der Waals surface area (Å²) in [5.41, 5.74) is 0.385. The van der Waals surface area contributed by atoms with Crippen molar-refractivity contribution in [2.75, 3.05) is 6.26 Å². The summed E-state index contributed by atoms with van der Waals surface area (Å²) in [4.78, 5) is 12.0. The van der Waals surface area contributed by atoms with Crippen LogP contribution < -0.4 is 5.32 Å². The normalized spacial score (nSPS) is 12.5. The molecule has 0 fully saturated rings. The molecule has 18 heavy (non-hydrogen) atoms. The first-order chi connectivity index (χ1) is 8.38. The van der Waals surface area contributed by atoms with Crippen LogP contribution in [0.25, 0.3) is 0 Å². The monoisotopic (exact) mass is 265 g/mol. The highest BCUT2D eigenvalue weighted by molar-refractivity contribution is 7.90. The van der Waals surface area contributed by atoms with E-state index < -0.39 is 9.84 Å². The van der Waals surface area contributed by atoms with Crippen molar-refractivity contribution >= 4 is 15.7 Å². The summed E-state index contributed by atoms with van der Waals surface area (Å²) in [6.45, 7) is 1.87. The molecule has 0 saturated heterocycles. The summed E-state index contributed by atoms with van der Waals surface area (Å²) in [5, 5.41) is 2.67. The first-order valence-electron chi connectivity index (χ1n) is 5.45. The Balaban J connectivity index is 2.87. The van der Waals surface area contributed by atoms with Crippen LogP contribution in [0.4, 0.5) is 0 Å². The van der Waals surface area contributed by atoms with Gasteiger partial charge in [-0.3, -0.25) is 4.79 Å². The molecule has 0 aliphatic carbocycles. The minimum absolute atomic E-state index is 0.183. The van der Waals surface area contributed by atoms with Crippen LogP contribution in [0.3, 0.4) is 0 Å². The van der Waals surface area contributed by atoms with Crippen molar-refractivity contribution in [1.82, 2.24) is 5.32 Å². The first-order valence-corrected chi connectivity index (χ1v) is 7.34. The van der Waals surface area contributed by atoms with Crippen molar-refractivity contribution in [2.45, 2.75) is 24.3 Å². The van der Waals surface area contributed by atoms with E-state index in [1.807, 2.05) is 6.92 Å². The number of amides is 1. The molecule has 4 nitrogen and oxygen atoms in total. The average Bonchev–Trinajstić information content (AvgIpc) is 2.34. The van der Waals surface area contributed by atoms with Gasteiger partial charge in [-0.1, -0.05) is 12.8 Å². The summed E-state index contributed by atoms with van der Waals surface area (Å²) in [6, 6.07) is 5.43. The summed E-state index contributed by atoms with van der Waals surface area (Å²) in [7, 11) is -3.24. The van der Waals surface area contributed by atoms with E-state index in [0.717, 1.165) is 6.26 Å². The topological polar surface area (TPSA) is 63.2 Å². The summed E-state index contributed by atoms with van der Waals surface area (Å²) >= 11 is 0. The fraction of sp³-hybridized carbons (Fsp3) is 0.308. The van der Waals surface area contributed by atoms with Gasteiger partial charge in [-0.05, 0) is 30.7 Å². The molecule has 5 heteroatoms. The number of terminal acetylenes is 1. The zero-order valence-electron chi connectivity index (χ0n) is 10.3. The van der Waals surface area contributed by atoms with E-state index >= 15 is 0 Å². The lowest BCUT2D eigenvalue weighted by Crippen LogP contribution is -2.33. The van der Waals surface area contributed by atoms with Crippen LogP contribution in [0.1, 0.15) is 23.7 Å². The second kappa shape index (κ2) is 5.69. The Labute approximate surface area is 107 Å². The molecule has 0 heterocycles. The van der Waals surface area contributed by atoms with Crippen LogP contribution in [0.5, 0.6) is 0 Å². The molecule has 1 amide bonds. The second-order valence-electron chi connectivity index (χ2n) is 3.90. The maximum atomic E-state index is 11.8. The second-order valence-corrected chi connectivity index (χ2v) is 5.91. The lowest BCUT2D eigenvalue weighted by molar-refractivity contribution is 0.0945. The zero-order valence-corrected chi connectivity index (χ0v) is 11.1. The van der Waals surface area contributed by atoms with E-state index in [0.29, 0.717) is 12.0 Å². The Bertz CT molecular complexity index is 567. The lowest BCUT2D eigenvalue weighted by atomic mass is 10.2. The highest BCUT2D eigenvalue weighted by Crippen LogP contribution is 2.10. The minimum atomic E-state index is -3.24. The number of carbonyl (C=O) groups excluding carboxylic acids is 1. The van der Waals surface area contributed by atoms with Crippen LogP contribution in [-0.2, 0) is 9.84 Å². The highest BCUT2D eigenvalue weighted by Gasteiger charge is 2.11. The van der Waals surface area contributed by atoms with Crippen molar-refractivity contribution in [1.29, 1.82) is 0 Å². The molecule has 0 aliphatic rings. The van der Waals surface area contributed by atoms with Crippen molar-refractivity contribution in [3.8, 4) is 12.3 Å². The average molecular weight is 265 g/mol. The van der Waals surface area contributed by atoms with Gasteiger partial charge in [0.1, 0.15) is 0 Å².